The smallest absolute Gasteiger partial charge is 0.338 e. The van der Waals surface area contributed by atoms with Crippen molar-refractivity contribution < 1.29 is 24.0 Å². The Labute approximate surface area is 202 Å². The summed E-state index contributed by atoms with van der Waals surface area (Å²) in [5.41, 5.74) is 1.36. The first-order valence-electron chi connectivity index (χ1n) is 10.9. The zero-order valence-corrected chi connectivity index (χ0v) is 19.6. The number of ether oxygens (including phenoxy) is 2. The predicted octanol–water partition coefficient (Wildman–Crippen LogP) is 3.52. The fraction of sp³-hybridized carbons (Fsp3) is 0.348. The average molecular weight is 487 g/mol. The van der Waals surface area contributed by atoms with Gasteiger partial charge in [0.2, 0.25) is 0 Å². The minimum Gasteiger partial charge on any atom is -0.462 e. The molecule has 0 atom stereocenters. The van der Waals surface area contributed by atoms with Crippen molar-refractivity contribution in [1.82, 2.24) is 5.32 Å². The molecule has 1 aliphatic rings. The lowest BCUT2D eigenvalue weighted by molar-refractivity contribution is -0.384. The second-order valence-electron chi connectivity index (χ2n) is 7.54. The van der Waals surface area contributed by atoms with Gasteiger partial charge in [0.25, 0.3) is 11.6 Å². The first-order chi connectivity index (χ1) is 16.4. The number of hydrogen-bond donors (Lipinski definition) is 2. The second-order valence-corrected chi connectivity index (χ2v) is 7.94. The summed E-state index contributed by atoms with van der Waals surface area (Å²) in [4.78, 5) is 37.5. The summed E-state index contributed by atoms with van der Waals surface area (Å²) < 4.78 is 10.5. The Bertz CT molecular complexity index is 1050. The van der Waals surface area contributed by atoms with Crippen molar-refractivity contribution in [2.75, 3.05) is 43.1 Å². The van der Waals surface area contributed by atoms with Crippen molar-refractivity contribution >= 4 is 46.3 Å². The monoisotopic (exact) mass is 486 g/mol. The van der Waals surface area contributed by atoms with Gasteiger partial charge in [-0.1, -0.05) is 13.3 Å². The van der Waals surface area contributed by atoms with Crippen molar-refractivity contribution in [2.45, 2.75) is 19.8 Å². The molecule has 1 heterocycles. The van der Waals surface area contributed by atoms with Crippen molar-refractivity contribution in [2.24, 2.45) is 0 Å². The van der Waals surface area contributed by atoms with E-state index in [9.17, 15) is 19.7 Å². The normalized spacial score (nSPS) is 13.1. The maximum atomic E-state index is 12.6. The number of hydrogen-bond acceptors (Lipinski definition) is 8. The molecule has 34 heavy (non-hydrogen) atoms. The van der Waals surface area contributed by atoms with E-state index in [1.807, 2.05) is 11.8 Å². The molecular formula is C23H26N4O6S. The van der Waals surface area contributed by atoms with Gasteiger partial charge >= 0.3 is 5.97 Å². The number of nitro benzene ring substituents is 1. The van der Waals surface area contributed by atoms with E-state index in [2.05, 4.69) is 10.6 Å². The van der Waals surface area contributed by atoms with E-state index in [1.165, 1.54) is 12.1 Å². The van der Waals surface area contributed by atoms with Gasteiger partial charge in [0.15, 0.2) is 5.11 Å². The number of morpholine rings is 1. The van der Waals surface area contributed by atoms with Crippen LogP contribution in [0, 0.1) is 10.1 Å². The summed E-state index contributed by atoms with van der Waals surface area (Å²) in [6.45, 7) is 4.43. The molecule has 1 saturated heterocycles. The number of nitro groups is 1. The van der Waals surface area contributed by atoms with Gasteiger partial charge in [-0.2, -0.15) is 0 Å². The van der Waals surface area contributed by atoms with Gasteiger partial charge in [-0.15, -0.1) is 0 Å². The minimum atomic E-state index is -0.578. The molecule has 1 amide bonds. The number of nitrogens with zero attached hydrogens (tertiary/aromatic N) is 2. The first-order valence-corrected chi connectivity index (χ1v) is 11.3. The van der Waals surface area contributed by atoms with Crippen LogP contribution in [-0.4, -0.2) is 54.8 Å². The highest BCUT2D eigenvalue weighted by Crippen LogP contribution is 2.30. The van der Waals surface area contributed by atoms with Crippen LogP contribution < -0.4 is 15.5 Å². The molecule has 180 valence electrons. The molecule has 2 N–H and O–H groups in total. The molecule has 1 aliphatic heterocycles. The Morgan fingerprint density at radius 3 is 2.47 bits per heavy atom. The second kappa shape index (κ2) is 12.1. The van der Waals surface area contributed by atoms with Crippen molar-refractivity contribution in [3.05, 3.63) is 63.7 Å². The van der Waals surface area contributed by atoms with Crippen molar-refractivity contribution in [3.8, 4) is 0 Å². The van der Waals surface area contributed by atoms with E-state index in [4.69, 9.17) is 21.7 Å². The summed E-state index contributed by atoms with van der Waals surface area (Å²) in [5.74, 6) is -0.983. The molecule has 2 aromatic carbocycles. The summed E-state index contributed by atoms with van der Waals surface area (Å²) >= 11 is 5.19. The molecule has 0 aromatic heterocycles. The lowest BCUT2D eigenvalue weighted by atomic mass is 10.1. The highest BCUT2D eigenvalue weighted by atomic mass is 32.1. The number of carbonyl (C=O) groups excluding carboxylic acids is 2. The number of carbonyl (C=O) groups is 2. The van der Waals surface area contributed by atoms with Gasteiger partial charge in [-0.05, 0) is 55.0 Å². The number of amides is 1. The fourth-order valence-electron chi connectivity index (χ4n) is 3.30. The standard InChI is InChI=1S/C23H26N4O6S/c1-2-3-12-33-22(29)16-4-7-18(8-5-16)24-23(34)25-21(28)17-6-9-19(20(15-17)27(30)31)26-10-13-32-14-11-26/h4-9,15H,2-3,10-14H2,1H3,(H2,24,25,28,34). The Morgan fingerprint density at radius 2 is 1.82 bits per heavy atom. The summed E-state index contributed by atoms with van der Waals surface area (Å²) in [5, 5.41) is 17.0. The lowest BCUT2D eigenvalue weighted by Gasteiger charge is -2.28. The molecule has 0 aliphatic carbocycles. The lowest BCUT2D eigenvalue weighted by Crippen LogP contribution is -2.37. The van der Waals surface area contributed by atoms with Gasteiger partial charge in [-0.3, -0.25) is 20.2 Å². The van der Waals surface area contributed by atoms with Crippen LogP contribution in [0.2, 0.25) is 0 Å². The highest BCUT2D eigenvalue weighted by molar-refractivity contribution is 7.80. The average Bonchev–Trinajstić information content (AvgIpc) is 2.84. The molecule has 0 spiro atoms. The Balaban J connectivity index is 1.60. The molecule has 11 heteroatoms. The zero-order chi connectivity index (χ0) is 24.5. The molecular weight excluding hydrogens is 460 g/mol. The third-order valence-corrected chi connectivity index (χ3v) is 5.33. The molecule has 3 rings (SSSR count). The topological polar surface area (TPSA) is 123 Å². The maximum Gasteiger partial charge on any atom is 0.338 e. The van der Waals surface area contributed by atoms with Gasteiger partial charge < -0.3 is 19.7 Å². The van der Waals surface area contributed by atoms with Crippen LogP contribution in [0.4, 0.5) is 17.1 Å². The van der Waals surface area contributed by atoms with E-state index < -0.39 is 16.8 Å². The quantitative estimate of drug-likeness (QED) is 0.190. The Morgan fingerprint density at radius 1 is 1.15 bits per heavy atom. The van der Waals surface area contributed by atoms with E-state index in [0.29, 0.717) is 49.8 Å². The van der Waals surface area contributed by atoms with Gasteiger partial charge in [-0.25, -0.2) is 4.79 Å². The highest BCUT2D eigenvalue weighted by Gasteiger charge is 2.23. The van der Waals surface area contributed by atoms with Crippen LogP contribution in [0.1, 0.15) is 40.5 Å². The van der Waals surface area contributed by atoms with Gasteiger partial charge in [0.05, 0.1) is 30.3 Å². The molecule has 10 nitrogen and oxygen atoms in total. The Kier molecular flexibility index (Phi) is 8.88. The predicted molar refractivity (Wildman–Crippen MR) is 131 cm³/mol. The van der Waals surface area contributed by atoms with Crippen LogP contribution in [-0.2, 0) is 9.47 Å². The third kappa shape index (κ3) is 6.72. The number of thiocarbonyl (C=S) groups is 1. The van der Waals surface area contributed by atoms with Crippen molar-refractivity contribution in [3.63, 3.8) is 0 Å². The molecule has 0 saturated carbocycles. The molecule has 0 unspecified atom stereocenters. The van der Waals surface area contributed by atoms with Crippen LogP contribution in [0.15, 0.2) is 42.5 Å². The van der Waals surface area contributed by atoms with Crippen LogP contribution >= 0.6 is 12.2 Å². The molecule has 1 fully saturated rings. The Hall–Kier alpha value is -3.57. The molecule has 0 bridgehead atoms. The number of esters is 1. The minimum absolute atomic E-state index is 0.0168. The summed E-state index contributed by atoms with van der Waals surface area (Å²) in [6, 6.07) is 10.8. The van der Waals surface area contributed by atoms with E-state index in [0.717, 1.165) is 12.8 Å². The van der Waals surface area contributed by atoms with E-state index in [1.54, 1.807) is 30.3 Å². The third-order valence-electron chi connectivity index (χ3n) is 5.12. The maximum absolute atomic E-state index is 12.6. The summed E-state index contributed by atoms with van der Waals surface area (Å²) in [7, 11) is 0. The molecule has 2 aromatic rings. The summed E-state index contributed by atoms with van der Waals surface area (Å²) in [6.07, 6.45) is 1.74. The fourth-order valence-corrected chi connectivity index (χ4v) is 3.51. The number of rotatable bonds is 8. The van der Waals surface area contributed by atoms with Crippen LogP contribution in [0.25, 0.3) is 0 Å². The SMILES string of the molecule is CCCCOC(=O)c1ccc(NC(=S)NC(=O)c2ccc(N3CCOCC3)c([N+](=O)[O-])c2)cc1. The number of anilines is 2. The van der Waals surface area contributed by atoms with Gasteiger partial charge in [0, 0.05) is 30.4 Å². The van der Waals surface area contributed by atoms with Crippen LogP contribution in [0.5, 0.6) is 0 Å². The van der Waals surface area contributed by atoms with Gasteiger partial charge in [0.1, 0.15) is 5.69 Å². The van der Waals surface area contributed by atoms with E-state index >= 15 is 0 Å². The van der Waals surface area contributed by atoms with Crippen molar-refractivity contribution in [1.29, 1.82) is 0 Å². The molecule has 0 radical (unpaired) electrons. The van der Waals surface area contributed by atoms with E-state index in [-0.39, 0.29) is 16.4 Å². The number of benzene rings is 2. The largest absolute Gasteiger partial charge is 0.462 e. The number of unbranched alkanes of at least 4 members (excludes halogenated alkanes) is 1. The zero-order valence-electron chi connectivity index (χ0n) is 18.7. The number of nitrogens with one attached hydrogen (secondary N) is 2. The first kappa shape index (κ1) is 25.1. The van der Waals surface area contributed by atoms with Crippen LogP contribution in [0.3, 0.4) is 0 Å².